The molecular formula is C44H85NO3. The van der Waals surface area contributed by atoms with Gasteiger partial charge in [0.05, 0.1) is 18.8 Å². The highest BCUT2D eigenvalue weighted by atomic mass is 16.3. The molecule has 0 heterocycles. The Kier molecular flexibility index (Phi) is 39.4. The van der Waals surface area contributed by atoms with Gasteiger partial charge in [-0.15, -0.1) is 0 Å². The van der Waals surface area contributed by atoms with Crippen LogP contribution in [0.5, 0.6) is 0 Å². The quantitative estimate of drug-likeness (QED) is 0.0448. The average Bonchev–Trinajstić information content (AvgIpc) is 3.09. The van der Waals surface area contributed by atoms with E-state index in [1.165, 1.54) is 180 Å². The van der Waals surface area contributed by atoms with Gasteiger partial charge >= 0.3 is 0 Å². The van der Waals surface area contributed by atoms with Gasteiger partial charge < -0.3 is 15.5 Å². The van der Waals surface area contributed by atoms with E-state index in [0.29, 0.717) is 6.42 Å². The molecule has 0 aromatic carbocycles. The summed E-state index contributed by atoms with van der Waals surface area (Å²) in [6.45, 7) is 4.30. The third kappa shape index (κ3) is 36.2. The van der Waals surface area contributed by atoms with E-state index in [4.69, 9.17) is 0 Å². The van der Waals surface area contributed by atoms with Crippen molar-refractivity contribution >= 4 is 5.91 Å². The van der Waals surface area contributed by atoms with Crippen molar-refractivity contribution in [2.24, 2.45) is 0 Å². The smallest absolute Gasteiger partial charge is 0.220 e. The molecule has 0 aromatic heterocycles. The molecule has 0 radical (unpaired) electrons. The molecule has 0 saturated heterocycles. The number of unbranched alkanes of at least 4 members (excludes halogenated alkanes) is 30. The van der Waals surface area contributed by atoms with Gasteiger partial charge in [-0.25, -0.2) is 0 Å². The highest BCUT2D eigenvalue weighted by Crippen LogP contribution is 2.16. The van der Waals surface area contributed by atoms with Crippen LogP contribution in [-0.4, -0.2) is 34.9 Å². The first kappa shape index (κ1) is 46.9. The van der Waals surface area contributed by atoms with Crippen LogP contribution < -0.4 is 5.32 Å². The van der Waals surface area contributed by atoms with Crippen LogP contribution in [0.1, 0.15) is 232 Å². The van der Waals surface area contributed by atoms with Crippen LogP contribution in [0.15, 0.2) is 24.3 Å². The lowest BCUT2D eigenvalue weighted by molar-refractivity contribution is -0.123. The van der Waals surface area contributed by atoms with Gasteiger partial charge in [-0.3, -0.25) is 4.79 Å². The van der Waals surface area contributed by atoms with Crippen LogP contribution in [0.2, 0.25) is 0 Å². The van der Waals surface area contributed by atoms with Gasteiger partial charge in [0.1, 0.15) is 0 Å². The Morgan fingerprint density at radius 1 is 0.479 bits per heavy atom. The molecule has 3 N–H and O–H groups in total. The number of allylic oxidation sites excluding steroid dienone is 3. The van der Waals surface area contributed by atoms with Gasteiger partial charge in [-0.2, -0.15) is 0 Å². The van der Waals surface area contributed by atoms with E-state index in [0.717, 1.165) is 32.1 Å². The molecule has 284 valence electrons. The lowest BCUT2D eigenvalue weighted by Crippen LogP contribution is -2.45. The van der Waals surface area contributed by atoms with Crippen LogP contribution in [0.4, 0.5) is 0 Å². The molecule has 0 fully saturated rings. The van der Waals surface area contributed by atoms with Crippen molar-refractivity contribution in [3.05, 3.63) is 24.3 Å². The summed E-state index contributed by atoms with van der Waals surface area (Å²) in [5.74, 6) is -0.0710. The van der Waals surface area contributed by atoms with Crippen molar-refractivity contribution in [3.8, 4) is 0 Å². The Labute approximate surface area is 300 Å². The molecule has 2 atom stereocenters. The molecule has 0 aromatic rings. The minimum Gasteiger partial charge on any atom is -0.394 e. The zero-order valence-electron chi connectivity index (χ0n) is 32.5. The summed E-state index contributed by atoms with van der Waals surface area (Å²) in [6, 6.07) is -0.633. The van der Waals surface area contributed by atoms with E-state index in [1.807, 2.05) is 6.08 Å². The Morgan fingerprint density at radius 2 is 0.812 bits per heavy atom. The standard InChI is InChI=1S/C44H85NO3/c1-3-5-7-9-11-13-15-17-18-19-20-21-22-23-24-25-26-28-30-32-34-36-38-40-44(48)45-42(41-46)43(47)39-37-35-33-31-29-27-16-14-12-10-8-6-4-2/h29,31,37,39,42-43,46-47H,3-28,30,32-36,38,40-41H2,1-2H3,(H,45,48)/b31-29+,39-37+. The van der Waals surface area contributed by atoms with E-state index in [-0.39, 0.29) is 12.5 Å². The highest BCUT2D eigenvalue weighted by molar-refractivity contribution is 5.76. The molecule has 0 bridgehead atoms. The second-order valence-corrected chi connectivity index (χ2v) is 14.8. The summed E-state index contributed by atoms with van der Waals surface area (Å²) < 4.78 is 0. The molecule has 48 heavy (non-hydrogen) atoms. The van der Waals surface area contributed by atoms with Crippen molar-refractivity contribution in [2.45, 2.75) is 244 Å². The van der Waals surface area contributed by atoms with E-state index in [9.17, 15) is 15.0 Å². The molecule has 2 unspecified atom stereocenters. The van der Waals surface area contributed by atoms with Gasteiger partial charge in [0.25, 0.3) is 0 Å². The maximum Gasteiger partial charge on any atom is 0.220 e. The molecule has 0 aliphatic carbocycles. The zero-order valence-corrected chi connectivity index (χ0v) is 32.5. The molecule has 0 rings (SSSR count). The summed E-state index contributed by atoms with van der Waals surface area (Å²) in [5.41, 5.74) is 0. The highest BCUT2D eigenvalue weighted by Gasteiger charge is 2.17. The zero-order chi connectivity index (χ0) is 35.0. The number of aliphatic hydroxyl groups excluding tert-OH is 2. The number of amides is 1. The Hall–Kier alpha value is -1.13. The number of nitrogens with one attached hydrogen (secondary N) is 1. The number of hydrogen-bond acceptors (Lipinski definition) is 3. The number of carbonyl (C=O) groups is 1. The van der Waals surface area contributed by atoms with E-state index in [1.54, 1.807) is 6.08 Å². The summed E-state index contributed by atoms with van der Waals surface area (Å²) in [5, 5.41) is 22.9. The molecular weight excluding hydrogens is 590 g/mol. The summed E-state index contributed by atoms with van der Waals surface area (Å²) in [6.07, 6.45) is 51.5. The number of aliphatic hydroxyl groups is 2. The van der Waals surface area contributed by atoms with Crippen molar-refractivity contribution in [2.75, 3.05) is 6.61 Å². The molecule has 0 saturated carbocycles. The maximum atomic E-state index is 12.4. The molecule has 4 heteroatoms. The number of carbonyl (C=O) groups excluding carboxylic acids is 1. The first-order valence-corrected chi connectivity index (χ1v) is 21.6. The summed E-state index contributed by atoms with van der Waals surface area (Å²) >= 11 is 0. The molecule has 0 aliphatic heterocycles. The third-order valence-corrected chi connectivity index (χ3v) is 9.94. The fourth-order valence-corrected chi connectivity index (χ4v) is 6.61. The molecule has 1 amide bonds. The van der Waals surface area contributed by atoms with E-state index in [2.05, 4.69) is 31.3 Å². The minimum atomic E-state index is -0.856. The van der Waals surface area contributed by atoms with Gasteiger partial charge in [0.15, 0.2) is 0 Å². The van der Waals surface area contributed by atoms with E-state index < -0.39 is 12.1 Å². The van der Waals surface area contributed by atoms with Gasteiger partial charge in [0.2, 0.25) is 5.91 Å². The molecule has 4 nitrogen and oxygen atoms in total. The third-order valence-electron chi connectivity index (χ3n) is 9.94. The second kappa shape index (κ2) is 40.3. The lowest BCUT2D eigenvalue weighted by atomic mass is 10.0. The van der Waals surface area contributed by atoms with Gasteiger partial charge in [0, 0.05) is 6.42 Å². The SMILES string of the molecule is CCCCCCCCC/C=C/CC/C=C/C(O)C(CO)NC(=O)CCCCCCCCCCCCCCCCCCCCCCCCC. The van der Waals surface area contributed by atoms with Crippen molar-refractivity contribution in [1.29, 1.82) is 0 Å². The normalized spacial score (nSPS) is 13.2. The van der Waals surface area contributed by atoms with Gasteiger partial charge in [-0.05, 0) is 32.1 Å². The van der Waals surface area contributed by atoms with Crippen LogP contribution in [0.3, 0.4) is 0 Å². The lowest BCUT2D eigenvalue weighted by Gasteiger charge is -2.19. The molecule has 0 aliphatic rings. The van der Waals surface area contributed by atoms with Crippen molar-refractivity contribution in [3.63, 3.8) is 0 Å². The minimum absolute atomic E-state index is 0.0710. The monoisotopic (exact) mass is 676 g/mol. The predicted octanol–water partition coefficient (Wildman–Crippen LogP) is 13.2. The number of hydrogen-bond donors (Lipinski definition) is 3. The second-order valence-electron chi connectivity index (χ2n) is 14.8. The average molecular weight is 676 g/mol. The van der Waals surface area contributed by atoms with Crippen molar-refractivity contribution in [1.82, 2.24) is 5.32 Å². The van der Waals surface area contributed by atoms with Crippen LogP contribution in [0, 0.1) is 0 Å². The van der Waals surface area contributed by atoms with Crippen molar-refractivity contribution < 1.29 is 15.0 Å². The maximum absolute atomic E-state index is 12.4. The largest absolute Gasteiger partial charge is 0.394 e. The fraction of sp³-hybridized carbons (Fsp3) is 0.886. The van der Waals surface area contributed by atoms with Crippen LogP contribution in [-0.2, 0) is 4.79 Å². The Bertz CT molecular complexity index is 691. The first-order valence-electron chi connectivity index (χ1n) is 21.6. The summed E-state index contributed by atoms with van der Waals surface area (Å²) in [4.78, 5) is 12.4. The van der Waals surface area contributed by atoms with Crippen LogP contribution >= 0.6 is 0 Å². The summed E-state index contributed by atoms with van der Waals surface area (Å²) in [7, 11) is 0. The fourth-order valence-electron chi connectivity index (χ4n) is 6.61. The topological polar surface area (TPSA) is 69.6 Å². The van der Waals surface area contributed by atoms with Crippen LogP contribution in [0.25, 0.3) is 0 Å². The Morgan fingerprint density at radius 3 is 1.21 bits per heavy atom. The number of rotatable bonds is 39. The predicted molar refractivity (Wildman–Crippen MR) is 212 cm³/mol. The first-order chi connectivity index (χ1) is 23.7. The molecule has 0 spiro atoms. The Balaban J connectivity index is 3.52. The van der Waals surface area contributed by atoms with E-state index >= 15 is 0 Å². The van der Waals surface area contributed by atoms with Gasteiger partial charge in [-0.1, -0.05) is 218 Å².